The van der Waals surface area contributed by atoms with Crippen molar-refractivity contribution in [3.05, 3.63) is 30.1 Å². The van der Waals surface area contributed by atoms with Crippen molar-refractivity contribution in [2.75, 3.05) is 25.5 Å². The number of rotatable bonds is 4. The van der Waals surface area contributed by atoms with Gasteiger partial charge in [-0.2, -0.15) is 0 Å². The maximum absolute atomic E-state index is 12.6. The van der Waals surface area contributed by atoms with Gasteiger partial charge in [-0.25, -0.2) is 4.39 Å². The van der Waals surface area contributed by atoms with Crippen LogP contribution in [0.15, 0.2) is 24.3 Å². The van der Waals surface area contributed by atoms with Crippen LogP contribution in [0.3, 0.4) is 0 Å². The van der Waals surface area contributed by atoms with Crippen molar-refractivity contribution < 1.29 is 9.18 Å². The molecule has 0 saturated carbocycles. The third-order valence-electron chi connectivity index (χ3n) is 2.19. The number of benzene rings is 1. The minimum Gasteiger partial charge on any atom is -0.376 e. The molecule has 0 aromatic heterocycles. The number of amides is 1. The molecule has 0 bridgehead atoms. The second-order valence-corrected chi connectivity index (χ2v) is 3.27. The fourth-order valence-corrected chi connectivity index (χ4v) is 1.06. The molecule has 1 rings (SSSR count). The Kier molecular flexibility index (Phi) is 4.09. The lowest BCUT2D eigenvalue weighted by atomic mass is 10.3. The third kappa shape index (κ3) is 3.58. The van der Waals surface area contributed by atoms with Gasteiger partial charge in [0.1, 0.15) is 5.82 Å². The van der Waals surface area contributed by atoms with Crippen molar-refractivity contribution in [2.24, 2.45) is 0 Å². The zero-order valence-corrected chi connectivity index (χ0v) is 8.96. The molecule has 1 aromatic carbocycles. The Labute approximate surface area is 88.9 Å². The molecular formula is C11H15FN2O. The number of carbonyl (C=O) groups excluding carboxylic acids is 1. The Morgan fingerprint density at radius 2 is 2.00 bits per heavy atom. The summed E-state index contributed by atoms with van der Waals surface area (Å²) < 4.78 is 12.6. The molecule has 3 nitrogen and oxygen atoms in total. The number of nitrogens with zero attached hydrogens (tertiary/aromatic N) is 1. The van der Waals surface area contributed by atoms with E-state index in [1.165, 1.54) is 12.1 Å². The molecular weight excluding hydrogens is 195 g/mol. The number of likely N-dealkylation sites (N-methyl/N-ethyl adjacent to an activating group) is 1. The van der Waals surface area contributed by atoms with Gasteiger partial charge in [-0.15, -0.1) is 0 Å². The Balaban J connectivity index is 2.43. The summed E-state index contributed by atoms with van der Waals surface area (Å²) in [6.45, 7) is 2.83. The van der Waals surface area contributed by atoms with E-state index in [2.05, 4.69) is 5.32 Å². The third-order valence-corrected chi connectivity index (χ3v) is 2.19. The summed E-state index contributed by atoms with van der Waals surface area (Å²) in [5.74, 6) is -0.264. The molecule has 0 radical (unpaired) electrons. The summed E-state index contributed by atoms with van der Waals surface area (Å²) in [4.78, 5) is 13.0. The fraction of sp³-hybridized carbons (Fsp3) is 0.364. The van der Waals surface area contributed by atoms with Gasteiger partial charge < -0.3 is 10.2 Å². The standard InChI is InChI=1S/C11H15FN2O/c1-3-14(2)11(15)8-13-10-6-4-9(12)5-7-10/h4-7,13H,3,8H2,1-2H3. The van der Waals surface area contributed by atoms with Crippen LogP contribution in [-0.2, 0) is 4.79 Å². The molecule has 0 heterocycles. The van der Waals surface area contributed by atoms with Crippen LogP contribution in [-0.4, -0.2) is 30.9 Å². The molecule has 0 aliphatic carbocycles. The number of nitrogens with one attached hydrogen (secondary N) is 1. The molecule has 0 saturated heterocycles. The van der Waals surface area contributed by atoms with Crippen LogP contribution in [0.1, 0.15) is 6.92 Å². The maximum atomic E-state index is 12.6. The Bertz CT molecular complexity index is 324. The van der Waals surface area contributed by atoms with Gasteiger partial charge in [0.15, 0.2) is 0 Å². The molecule has 0 spiro atoms. The zero-order chi connectivity index (χ0) is 11.3. The Morgan fingerprint density at radius 1 is 1.40 bits per heavy atom. The molecule has 0 atom stereocenters. The lowest BCUT2D eigenvalue weighted by Gasteiger charge is -2.15. The maximum Gasteiger partial charge on any atom is 0.241 e. The summed E-state index contributed by atoms with van der Waals surface area (Å²) in [6.07, 6.45) is 0. The quantitative estimate of drug-likeness (QED) is 0.820. The minimum absolute atomic E-state index is 0.0156. The highest BCUT2D eigenvalue weighted by atomic mass is 19.1. The average molecular weight is 210 g/mol. The molecule has 82 valence electrons. The van der Waals surface area contributed by atoms with Crippen molar-refractivity contribution in [1.29, 1.82) is 0 Å². The number of anilines is 1. The SMILES string of the molecule is CCN(C)C(=O)CNc1ccc(F)cc1. The van der Waals surface area contributed by atoms with Gasteiger partial charge in [-0.3, -0.25) is 4.79 Å². The summed E-state index contributed by atoms with van der Waals surface area (Å²) in [6, 6.07) is 5.93. The number of carbonyl (C=O) groups is 1. The van der Waals surface area contributed by atoms with Gasteiger partial charge >= 0.3 is 0 Å². The summed E-state index contributed by atoms with van der Waals surface area (Å²) >= 11 is 0. The van der Waals surface area contributed by atoms with Crippen molar-refractivity contribution in [2.45, 2.75) is 6.92 Å². The fourth-order valence-electron chi connectivity index (χ4n) is 1.06. The predicted octanol–water partition coefficient (Wildman–Crippen LogP) is 1.72. The summed E-state index contributed by atoms with van der Waals surface area (Å²) in [5.41, 5.74) is 0.745. The lowest BCUT2D eigenvalue weighted by molar-refractivity contribution is -0.127. The van der Waals surface area contributed by atoms with Gasteiger partial charge in [0.25, 0.3) is 0 Å². The number of hydrogen-bond donors (Lipinski definition) is 1. The lowest BCUT2D eigenvalue weighted by Crippen LogP contribution is -2.31. The monoisotopic (exact) mass is 210 g/mol. The molecule has 0 aliphatic heterocycles. The van der Waals surface area contributed by atoms with Crippen LogP contribution in [0.25, 0.3) is 0 Å². The first kappa shape index (κ1) is 11.5. The highest BCUT2D eigenvalue weighted by Crippen LogP contribution is 2.07. The van der Waals surface area contributed by atoms with Gasteiger partial charge in [0.05, 0.1) is 6.54 Å². The van der Waals surface area contributed by atoms with Crippen LogP contribution in [0.4, 0.5) is 10.1 Å². The van der Waals surface area contributed by atoms with E-state index in [9.17, 15) is 9.18 Å². The predicted molar refractivity (Wildman–Crippen MR) is 58.2 cm³/mol. The zero-order valence-electron chi connectivity index (χ0n) is 8.96. The Morgan fingerprint density at radius 3 is 2.53 bits per heavy atom. The van der Waals surface area contributed by atoms with Crippen LogP contribution in [0, 0.1) is 5.82 Å². The van der Waals surface area contributed by atoms with E-state index < -0.39 is 0 Å². The molecule has 0 aliphatic rings. The van der Waals surface area contributed by atoms with Crippen LogP contribution >= 0.6 is 0 Å². The van der Waals surface area contributed by atoms with Crippen molar-refractivity contribution in [1.82, 2.24) is 4.90 Å². The average Bonchev–Trinajstić information content (AvgIpc) is 2.26. The molecule has 4 heteroatoms. The van der Waals surface area contributed by atoms with Gasteiger partial charge in [-0.05, 0) is 31.2 Å². The van der Waals surface area contributed by atoms with Crippen molar-refractivity contribution >= 4 is 11.6 Å². The minimum atomic E-state index is -0.280. The molecule has 15 heavy (non-hydrogen) atoms. The van der Waals surface area contributed by atoms with Crippen LogP contribution < -0.4 is 5.32 Å². The molecule has 0 fully saturated rings. The topological polar surface area (TPSA) is 32.3 Å². The summed E-state index contributed by atoms with van der Waals surface area (Å²) in [5, 5.41) is 2.93. The molecule has 1 amide bonds. The van der Waals surface area contributed by atoms with E-state index >= 15 is 0 Å². The highest BCUT2D eigenvalue weighted by molar-refractivity contribution is 5.80. The van der Waals surface area contributed by atoms with E-state index in [1.54, 1.807) is 24.1 Å². The van der Waals surface area contributed by atoms with E-state index in [0.717, 1.165) is 5.69 Å². The van der Waals surface area contributed by atoms with E-state index in [0.29, 0.717) is 6.54 Å². The largest absolute Gasteiger partial charge is 0.376 e. The van der Waals surface area contributed by atoms with E-state index in [4.69, 9.17) is 0 Å². The van der Waals surface area contributed by atoms with Gasteiger partial charge in [-0.1, -0.05) is 0 Å². The van der Waals surface area contributed by atoms with Crippen molar-refractivity contribution in [3.63, 3.8) is 0 Å². The van der Waals surface area contributed by atoms with E-state index in [1.807, 2.05) is 6.92 Å². The Hall–Kier alpha value is -1.58. The van der Waals surface area contributed by atoms with Crippen LogP contribution in [0.5, 0.6) is 0 Å². The number of hydrogen-bond acceptors (Lipinski definition) is 2. The van der Waals surface area contributed by atoms with Crippen molar-refractivity contribution in [3.8, 4) is 0 Å². The second kappa shape index (κ2) is 5.34. The molecule has 1 N–H and O–H groups in total. The van der Waals surface area contributed by atoms with Crippen LogP contribution in [0.2, 0.25) is 0 Å². The first-order valence-corrected chi connectivity index (χ1v) is 4.87. The molecule has 0 unspecified atom stereocenters. The smallest absolute Gasteiger partial charge is 0.241 e. The highest BCUT2D eigenvalue weighted by Gasteiger charge is 2.05. The second-order valence-electron chi connectivity index (χ2n) is 3.27. The number of halogens is 1. The van der Waals surface area contributed by atoms with Gasteiger partial charge in [0, 0.05) is 19.3 Å². The first-order chi connectivity index (χ1) is 7.13. The molecule has 1 aromatic rings. The van der Waals surface area contributed by atoms with E-state index in [-0.39, 0.29) is 18.3 Å². The first-order valence-electron chi connectivity index (χ1n) is 4.87. The van der Waals surface area contributed by atoms with Gasteiger partial charge in [0.2, 0.25) is 5.91 Å². The normalized spacial score (nSPS) is 9.80. The summed E-state index contributed by atoms with van der Waals surface area (Å²) in [7, 11) is 1.74.